The Hall–Kier alpha value is -1.22. The van der Waals surface area contributed by atoms with Gasteiger partial charge in [0, 0.05) is 21.9 Å². The molecule has 22 heavy (non-hydrogen) atoms. The number of rotatable bonds is 4. The first-order valence-corrected chi connectivity index (χ1v) is 9.05. The Kier molecular flexibility index (Phi) is 4.92. The number of aromatic nitrogens is 2. The van der Waals surface area contributed by atoms with Crippen LogP contribution in [0.3, 0.4) is 0 Å². The minimum Gasteiger partial charge on any atom is -0.236 e. The summed E-state index contributed by atoms with van der Waals surface area (Å²) < 4.78 is 1.09. The highest BCUT2D eigenvalue weighted by Crippen LogP contribution is 2.30. The zero-order valence-electron chi connectivity index (χ0n) is 13.3. The highest BCUT2D eigenvalue weighted by molar-refractivity contribution is 9.10. The monoisotopic (exact) mass is 358 g/mol. The summed E-state index contributed by atoms with van der Waals surface area (Å²) in [4.78, 5) is 9.42. The molecule has 2 unspecified atom stereocenters. The van der Waals surface area contributed by atoms with E-state index in [0.717, 1.165) is 40.5 Å². The van der Waals surface area contributed by atoms with Crippen LogP contribution in [0.1, 0.15) is 44.4 Å². The normalized spacial score (nSPS) is 18.8. The number of hydrogen-bond donors (Lipinski definition) is 0. The maximum absolute atomic E-state index is 4.82. The number of fused-ring (bicyclic) bond motifs is 1. The van der Waals surface area contributed by atoms with Gasteiger partial charge in [-0.15, -0.1) is 0 Å². The largest absolute Gasteiger partial charge is 0.236 e. The molecular weight excluding hydrogens is 336 g/mol. The van der Waals surface area contributed by atoms with Gasteiger partial charge < -0.3 is 0 Å². The van der Waals surface area contributed by atoms with Crippen LogP contribution in [-0.4, -0.2) is 9.97 Å². The lowest BCUT2D eigenvalue weighted by Gasteiger charge is -2.26. The van der Waals surface area contributed by atoms with Crippen molar-refractivity contribution in [3.63, 3.8) is 0 Å². The van der Waals surface area contributed by atoms with Gasteiger partial charge in [-0.25, -0.2) is 9.97 Å². The summed E-state index contributed by atoms with van der Waals surface area (Å²) in [6, 6.07) is 8.22. The average molecular weight is 359 g/mol. The summed E-state index contributed by atoms with van der Waals surface area (Å²) in [5.41, 5.74) is 3.71. The first kappa shape index (κ1) is 15.7. The number of benzene rings is 1. The van der Waals surface area contributed by atoms with Crippen LogP contribution in [0.15, 0.2) is 34.9 Å². The van der Waals surface area contributed by atoms with Crippen molar-refractivity contribution in [1.29, 1.82) is 0 Å². The molecule has 0 bridgehead atoms. The fraction of sp³-hybridized carbons (Fsp3) is 0.474. The minimum absolute atomic E-state index is 0.810. The SMILES string of the molecule is CCC(C)CC1CCc2nc(-c3ccc(Br)cc3)ncc2C1. The number of nitrogens with zero attached hydrogens (tertiary/aromatic N) is 2. The molecule has 0 radical (unpaired) electrons. The van der Waals surface area contributed by atoms with Crippen LogP contribution in [-0.2, 0) is 12.8 Å². The molecule has 1 aromatic heterocycles. The Morgan fingerprint density at radius 2 is 2.05 bits per heavy atom. The van der Waals surface area contributed by atoms with Gasteiger partial charge in [-0.05, 0) is 55.2 Å². The Labute approximate surface area is 141 Å². The summed E-state index contributed by atoms with van der Waals surface area (Å²) in [6.45, 7) is 4.65. The Balaban J connectivity index is 1.77. The highest BCUT2D eigenvalue weighted by atomic mass is 79.9. The van der Waals surface area contributed by atoms with Crippen molar-refractivity contribution in [3.05, 3.63) is 46.2 Å². The lowest BCUT2D eigenvalue weighted by molar-refractivity contribution is 0.346. The van der Waals surface area contributed by atoms with E-state index in [1.165, 1.54) is 30.5 Å². The Morgan fingerprint density at radius 1 is 1.27 bits per heavy atom. The van der Waals surface area contributed by atoms with Gasteiger partial charge in [0.2, 0.25) is 0 Å². The molecule has 1 heterocycles. The van der Waals surface area contributed by atoms with Crippen LogP contribution in [0.25, 0.3) is 11.4 Å². The van der Waals surface area contributed by atoms with E-state index in [-0.39, 0.29) is 0 Å². The molecule has 1 aliphatic rings. The average Bonchev–Trinajstić information content (AvgIpc) is 2.55. The maximum atomic E-state index is 4.82. The highest BCUT2D eigenvalue weighted by Gasteiger charge is 2.22. The van der Waals surface area contributed by atoms with Crippen LogP contribution in [0.4, 0.5) is 0 Å². The fourth-order valence-electron chi connectivity index (χ4n) is 3.26. The molecule has 0 N–H and O–H groups in total. The quantitative estimate of drug-likeness (QED) is 0.726. The number of aryl methyl sites for hydroxylation is 1. The van der Waals surface area contributed by atoms with Crippen molar-refractivity contribution < 1.29 is 0 Å². The molecule has 2 atom stereocenters. The van der Waals surface area contributed by atoms with Gasteiger partial charge in [0.25, 0.3) is 0 Å². The fourth-order valence-corrected chi connectivity index (χ4v) is 3.52. The second-order valence-corrected chi connectivity index (χ2v) is 7.45. The first-order valence-electron chi connectivity index (χ1n) is 8.26. The molecule has 3 heteroatoms. The summed E-state index contributed by atoms with van der Waals surface area (Å²) >= 11 is 3.47. The van der Waals surface area contributed by atoms with Gasteiger partial charge in [0.1, 0.15) is 0 Å². The van der Waals surface area contributed by atoms with Gasteiger partial charge in [-0.2, -0.15) is 0 Å². The molecule has 0 spiro atoms. The molecule has 116 valence electrons. The van der Waals surface area contributed by atoms with Crippen molar-refractivity contribution in [1.82, 2.24) is 9.97 Å². The standard InChI is InChI=1S/C19H23BrN2/c1-3-13(2)10-14-4-9-18-16(11-14)12-21-19(22-18)15-5-7-17(20)8-6-15/h5-8,12-14H,3-4,9-11H2,1-2H3. The molecule has 3 rings (SSSR count). The third-order valence-corrected chi connectivity index (χ3v) is 5.32. The predicted octanol–water partition coefficient (Wildman–Crippen LogP) is 5.45. The van der Waals surface area contributed by atoms with E-state index in [0.29, 0.717) is 0 Å². The van der Waals surface area contributed by atoms with Crippen molar-refractivity contribution in [2.45, 2.75) is 46.0 Å². The van der Waals surface area contributed by atoms with Gasteiger partial charge in [0.05, 0.1) is 0 Å². The third-order valence-electron chi connectivity index (χ3n) is 4.79. The summed E-state index contributed by atoms with van der Waals surface area (Å²) in [5, 5.41) is 0. The molecule has 2 nitrogen and oxygen atoms in total. The molecular formula is C19H23BrN2. The van der Waals surface area contributed by atoms with Gasteiger partial charge in [-0.3, -0.25) is 0 Å². The molecule has 0 fully saturated rings. The number of hydrogen-bond acceptors (Lipinski definition) is 2. The van der Waals surface area contributed by atoms with Crippen LogP contribution >= 0.6 is 15.9 Å². The van der Waals surface area contributed by atoms with E-state index in [1.54, 1.807) is 0 Å². The Morgan fingerprint density at radius 3 is 2.77 bits per heavy atom. The van der Waals surface area contributed by atoms with E-state index in [4.69, 9.17) is 4.98 Å². The number of halogens is 1. The lowest BCUT2D eigenvalue weighted by Crippen LogP contribution is -2.18. The summed E-state index contributed by atoms with van der Waals surface area (Å²) in [7, 11) is 0. The maximum Gasteiger partial charge on any atom is 0.159 e. The van der Waals surface area contributed by atoms with Crippen LogP contribution in [0.2, 0.25) is 0 Å². The van der Waals surface area contributed by atoms with Crippen molar-refractivity contribution in [2.75, 3.05) is 0 Å². The predicted molar refractivity (Wildman–Crippen MR) is 94.8 cm³/mol. The van der Waals surface area contributed by atoms with Crippen LogP contribution in [0.5, 0.6) is 0 Å². The van der Waals surface area contributed by atoms with Gasteiger partial charge >= 0.3 is 0 Å². The van der Waals surface area contributed by atoms with Gasteiger partial charge in [-0.1, -0.05) is 48.3 Å². The smallest absolute Gasteiger partial charge is 0.159 e. The lowest BCUT2D eigenvalue weighted by atomic mass is 9.81. The van der Waals surface area contributed by atoms with E-state index in [9.17, 15) is 0 Å². The topological polar surface area (TPSA) is 25.8 Å². The molecule has 0 saturated carbocycles. The van der Waals surface area contributed by atoms with Crippen molar-refractivity contribution in [3.8, 4) is 11.4 Å². The van der Waals surface area contributed by atoms with Crippen molar-refractivity contribution >= 4 is 15.9 Å². The summed E-state index contributed by atoms with van der Waals surface area (Å²) in [5.74, 6) is 2.49. The minimum atomic E-state index is 0.810. The zero-order chi connectivity index (χ0) is 15.5. The molecule has 0 aliphatic heterocycles. The third kappa shape index (κ3) is 3.57. The van der Waals surface area contributed by atoms with E-state index in [2.05, 4.69) is 53.1 Å². The molecule has 1 aromatic carbocycles. The van der Waals surface area contributed by atoms with E-state index < -0.39 is 0 Å². The first-order chi connectivity index (χ1) is 10.7. The second kappa shape index (κ2) is 6.91. The second-order valence-electron chi connectivity index (χ2n) is 6.53. The Bertz CT molecular complexity index is 636. The van der Waals surface area contributed by atoms with Crippen molar-refractivity contribution in [2.24, 2.45) is 11.8 Å². The molecule has 1 aliphatic carbocycles. The molecule has 2 aromatic rings. The molecule has 0 saturated heterocycles. The summed E-state index contributed by atoms with van der Waals surface area (Å²) in [6.07, 6.45) is 8.20. The zero-order valence-corrected chi connectivity index (χ0v) is 14.9. The van der Waals surface area contributed by atoms with E-state index in [1.807, 2.05) is 12.1 Å². The van der Waals surface area contributed by atoms with E-state index >= 15 is 0 Å². The molecule has 0 amide bonds. The van der Waals surface area contributed by atoms with Gasteiger partial charge in [0.15, 0.2) is 5.82 Å². The van der Waals surface area contributed by atoms with Crippen LogP contribution < -0.4 is 0 Å². The van der Waals surface area contributed by atoms with Crippen LogP contribution in [0, 0.1) is 11.8 Å².